The molecule has 2 aromatic carbocycles. The summed E-state index contributed by atoms with van der Waals surface area (Å²) in [6, 6.07) is 20.8. The zero-order valence-corrected chi connectivity index (χ0v) is 19.6. The largest absolute Gasteiger partial charge is 0.494 e. The zero-order chi connectivity index (χ0) is 23.5. The van der Waals surface area contributed by atoms with Crippen LogP contribution in [0.2, 0.25) is 0 Å². The predicted octanol–water partition coefficient (Wildman–Crippen LogP) is 4.68. The minimum atomic E-state index is -0.456. The fourth-order valence-corrected chi connectivity index (χ4v) is 5.11. The second-order valence-corrected chi connectivity index (χ2v) is 9.05. The average molecular weight is 473 g/mol. The summed E-state index contributed by atoms with van der Waals surface area (Å²) in [4.78, 5) is 39.0. The van der Waals surface area contributed by atoms with Crippen LogP contribution in [0.3, 0.4) is 0 Å². The Morgan fingerprint density at radius 3 is 2.74 bits per heavy atom. The summed E-state index contributed by atoms with van der Waals surface area (Å²) in [7, 11) is 0. The van der Waals surface area contributed by atoms with Crippen LogP contribution in [0.1, 0.15) is 19.0 Å². The van der Waals surface area contributed by atoms with Crippen molar-refractivity contribution in [2.75, 3.05) is 23.0 Å². The summed E-state index contributed by atoms with van der Waals surface area (Å²) in [6.07, 6.45) is 1.88. The lowest BCUT2D eigenvalue weighted by molar-refractivity contribution is -0.124. The highest BCUT2D eigenvalue weighted by atomic mass is 32.1. The first-order valence-electron chi connectivity index (χ1n) is 11.2. The maximum absolute atomic E-state index is 13.8. The average Bonchev–Trinajstić information content (AvgIpc) is 3.46. The smallest absolute Gasteiger partial charge is 0.234 e. The lowest BCUT2D eigenvalue weighted by Crippen LogP contribution is -2.37. The number of rotatable bonds is 7. The van der Waals surface area contributed by atoms with E-state index < -0.39 is 5.92 Å². The van der Waals surface area contributed by atoms with E-state index in [4.69, 9.17) is 9.72 Å². The van der Waals surface area contributed by atoms with Gasteiger partial charge < -0.3 is 9.64 Å². The molecule has 4 aromatic rings. The predicted molar refractivity (Wildman–Crippen MR) is 133 cm³/mol. The summed E-state index contributed by atoms with van der Waals surface area (Å²) >= 11 is 1.44. The molecular formula is C26H24N4O3S. The molecule has 1 atom stereocenters. The van der Waals surface area contributed by atoms with E-state index in [0.29, 0.717) is 18.3 Å². The van der Waals surface area contributed by atoms with E-state index in [1.807, 2.05) is 73.7 Å². The molecule has 1 saturated heterocycles. The Balaban J connectivity index is 1.46. The number of nitrogens with zero attached hydrogens (tertiary/aromatic N) is 4. The molecule has 172 valence electrons. The maximum Gasteiger partial charge on any atom is 0.234 e. The number of aromatic nitrogens is 2. The molecule has 0 bridgehead atoms. The van der Waals surface area contributed by atoms with Crippen molar-refractivity contribution in [2.45, 2.75) is 19.9 Å². The molecule has 1 unspecified atom stereocenters. The summed E-state index contributed by atoms with van der Waals surface area (Å²) in [5.74, 6) is 0.143. The van der Waals surface area contributed by atoms with E-state index in [-0.39, 0.29) is 24.8 Å². The van der Waals surface area contributed by atoms with Crippen LogP contribution in [-0.2, 0) is 16.1 Å². The standard InChI is InChI=1S/C26H24N4O3S/c1-2-33-21-11-12-22-23(15-21)34-26(28-22)30(17-19-8-6-7-13-27-19)25(32)18-14-24(31)29(16-18)20-9-4-3-5-10-20/h3-13,15,18H,2,14,16-17H2,1H3. The number of pyridine rings is 1. The number of hydrogen-bond donors (Lipinski definition) is 0. The Morgan fingerprint density at radius 1 is 1.15 bits per heavy atom. The van der Waals surface area contributed by atoms with Gasteiger partial charge in [0.25, 0.3) is 0 Å². The number of fused-ring (bicyclic) bond motifs is 1. The minimum Gasteiger partial charge on any atom is -0.494 e. The van der Waals surface area contributed by atoms with E-state index in [2.05, 4.69) is 4.98 Å². The van der Waals surface area contributed by atoms with Crippen LogP contribution in [0.15, 0.2) is 72.9 Å². The van der Waals surface area contributed by atoms with Gasteiger partial charge in [-0.3, -0.25) is 19.5 Å². The molecule has 7 nitrogen and oxygen atoms in total. The summed E-state index contributed by atoms with van der Waals surface area (Å²) in [6.45, 7) is 3.15. The Labute approximate surface area is 201 Å². The summed E-state index contributed by atoms with van der Waals surface area (Å²) in [5.41, 5.74) is 2.37. The fraction of sp³-hybridized carbons (Fsp3) is 0.231. The summed E-state index contributed by atoms with van der Waals surface area (Å²) < 4.78 is 6.56. The van der Waals surface area contributed by atoms with E-state index in [1.165, 1.54) is 11.3 Å². The van der Waals surface area contributed by atoms with Gasteiger partial charge in [-0.05, 0) is 49.4 Å². The lowest BCUT2D eigenvalue weighted by Gasteiger charge is -2.23. The third-order valence-electron chi connectivity index (χ3n) is 5.74. The second-order valence-electron chi connectivity index (χ2n) is 8.05. The molecule has 8 heteroatoms. The van der Waals surface area contributed by atoms with Gasteiger partial charge in [-0.2, -0.15) is 0 Å². The lowest BCUT2D eigenvalue weighted by atomic mass is 10.1. The van der Waals surface area contributed by atoms with Gasteiger partial charge in [0.1, 0.15) is 5.75 Å². The van der Waals surface area contributed by atoms with E-state index in [9.17, 15) is 9.59 Å². The zero-order valence-electron chi connectivity index (χ0n) is 18.8. The molecule has 1 aliphatic heterocycles. The van der Waals surface area contributed by atoms with Crippen LogP contribution >= 0.6 is 11.3 Å². The fourth-order valence-electron chi connectivity index (χ4n) is 4.11. The molecule has 34 heavy (non-hydrogen) atoms. The van der Waals surface area contributed by atoms with Crippen LogP contribution in [0.5, 0.6) is 5.75 Å². The number of carbonyl (C=O) groups is 2. The molecule has 0 aliphatic carbocycles. The van der Waals surface area contributed by atoms with Gasteiger partial charge in [0.15, 0.2) is 5.13 Å². The van der Waals surface area contributed by atoms with Gasteiger partial charge >= 0.3 is 0 Å². The van der Waals surface area contributed by atoms with Crippen molar-refractivity contribution in [1.82, 2.24) is 9.97 Å². The first kappa shape index (κ1) is 22.0. The molecular weight excluding hydrogens is 448 g/mol. The van der Waals surface area contributed by atoms with Gasteiger partial charge in [0.05, 0.1) is 35.0 Å². The van der Waals surface area contributed by atoms with Crippen molar-refractivity contribution in [1.29, 1.82) is 0 Å². The van der Waals surface area contributed by atoms with Crippen molar-refractivity contribution >= 4 is 44.2 Å². The van der Waals surface area contributed by atoms with Gasteiger partial charge in [0.2, 0.25) is 11.8 Å². The topological polar surface area (TPSA) is 75.6 Å². The molecule has 0 N–H and O–H groups in total. The maximum atomic E-state index is 13.8. The van der Waals surface area contributed by atoms with E-state index in [1.54, 1.807) is 16.0 Å². The Bertz CT molecular complexity index is 1310. The van der Waals surface area contributed by atoms with Crippen molar-refractivity contribution in [2.24, 2.45) is 5.92 Å². The molecule has 1 fully saturated rings. The highest BCUT2D eigenvalue weighted by Gasteiger charge is 2.38. The molecule has 0 spiro atoms. The van der Waals surface area contributed by atoms with Crippen molar-refractivity contribution < 1.29 is 14.3 Å². The highest BCUT2D eigenvalue weighted by Crippen LogP contribution is 2.34. The third-order valence-corrected chi connectivity index (χ3v) is 6.79. The Morgan fingerprint density at radius 2 is 1.97 bits per heavy atom. The number of amides is 2. The monoisotopic (exact) mass is 472 g/mol. The Hall–Kier alpha value is -3.78. The number of thiazole rings is 1. The van der Waals surface area contributed by atoms with Crippen molar-refractivity contribution in [3.8, 4) is 5.75 Å². The molecule has 2 amide bonds. The van der Waals surface area contributed by atoms with Gasteiger partial charge in [-0.15, -0.1) is 0 Å². The number of benzene rings is 2. The molecule has 2 aromatic heterocycles. The van der Waals surface area contributed by atoms with Crippen LogP contribution in [0, 0.1) is 5.92 Å². The molecule has 0 radical (unpaired) electrons. The van der Waals surface area contributed by atoms with E-state index >= 15 is 0 Å². The van der Waals surface area contributed by atoms with Crippen LogP contribution < -0.4 is 14.5 Å². The van der Waals surface area contributed by atoms with Crippen molar-refractivity contribution in [3.05, 3.63) is 78.6 Å². The van der Waals surface area contributed by atoms with Crippen molar-refractivity contribution in [3.63, 3.8) is 0 Å². The van der Waals surface area contributed by atoms with E-state index in [0.717, 1.165) is 27.3 Å². The minimum absolute atomic E-state index is 0.0482. The summed E-state index contributed by atoms with van der Waals surface area (Å²) in [5, 5.41) is 0.588. The number of anilines is 2. The number of para-hydroxylation sites is 1. The van der Waals surface area contributed by atoms with Gasteiger partial charge in [-0.1, -0.05) is 35.6 Å². The number of ether oxygens (including phenoxy) is 1. The first-order chi connectivity index (χ1) is 16.6. The van der Waals surface area contributed by atoms with Crippen LogP contribution in [0.25, 0.3) is 10.2 Å². The van der Waals surface area contributed by atoms with Gasteiger partial charge in [0, 0.05) is 24.8 Å². The van der Waals surface area contributed by atoms with Gasteiger partial charge in [-0.25, -0.2) is 4.98 Å². The first-order valence-corrected chi connectivity index (χ1v) is 12.0. The SMILES string of the molecule is CCOc1ccc2nc(N(Cc3ccccn3)C(=O)C3CC(=O)N(c4ccccc4)C3)sc2c1. The second kappa shape index (κ2) is 9.61. The molecule has 5 rings (SSSR count). The van der Waals surface area contributed by atoms with Crippen LogP contribution in [-0.4, -0.2) is 34.9 Å². The quantitative estimate of drug-likeness (QED) is 0.391. The molecule has 3 heterocycles. The third kappa shape index (κ3) is 4.49. The Kier molecular flexibility index (Phi) is 6.22. The highest BCUT2D eigenvalue weighted by molar-refractivity contribution is 7.22. The normalized spacial score (nSPS) is 15.6. The molecule has 0 saturated carbocycles. The van der Waals surface area contributed by atoms with Crippen LogP contribution in [0.4, 0.5) is 10.8 Å². The number of hydrogen-bond acceptors (Lipinski definition) is 6. The molecule has 1 aliphatic rings. The number of carbonyl (C=O) groups excluding carboxylic acids is 2.